The molecule has 0 fully saturated rings. The average molecular weight is 352 g/mol. The summed E-state index contributed by atoms with van der Waals surface area (Å²) in [5, 5.41) is 7.11. The van der Waals surface area contributed by atoms with E-state index in [1.165, 1.54) is 0 Å². The fourth-order valence-electron chi connectivity index (χ4n) is 2.06. The Morgan fingerprint density at radius 1 is 1.17 bits per heavy atom. The van der Waals surface area contributed by atoms with Gasteiger partial charge in [-0.05, 0) is 30.7 Å². The lowest BCUT2D eigenvalue weighted by atomic mass is 10.2. The summed E-state index contributed by atoms with van der Waals surface area (Å²) in [6, 6.07) is 6.92. The first-order valence-corrected chi connectivity index (χ1v) is 8.31. The Balaban J connectivity index is 2.03. The zero-order chi connectivity index (χ0) is 16.7. The molecule has 6 heteroatoms. The second-order valence-corrected chi connectivity index (χ2v) is 6.02. The van der Waals surface area contributed by atoms with Gasteiger partial charge in [-0.1, -0.05) is 43.0 Å². The molecule has 1 heterocycles. The molecule has 23 heavy (non-hydrogen) atoms. The molecular weight excluding hydrogens is 333 g/mol. The molecule has 0 saturated heterocycles. The summed E-state index contributed by atoms with van der Waals surface area (Å²) in [7, 11) is 0. The summed E-state index contributed by atoms with van der Waals surface area (Å²) in [5.74, 6) is -0.126. The second kappa shape index (κ2) is 8.75. The van der Waals surface area contributed by atoms with Crippen molar-refractivity contribution in [2.75, 3.05) is 11.9 Å². The zero-order valence-corrected chi connectivity index (χ0v) is 14.4. The van der Waals surface area contributed by atoms with E-state index in [-0.39, 0.29) is 5.91 Å². The van der Waals surface area contributed by atoms with Gasteiger partial charge in [-0.3, -0.25) is 9.78 Å². The van der Waals surface area contributed by atoms with Crippen LogP contribution in [0.2, 0.25) is 10.0 Å². The van der Waals surface area contributed by atoms with Gasteiger partial charge in [0.05, 0.1) is 28.2 Å². The summed E-state index contributed by atoms with van der Waals surface area (Å²) in [4.78, 5) is 16.2. The predicted molar refractivity (Wildman–Crippen MR) is 95.8 cm³/mol. The maximum absolute atomic E-state index is 12.1. The van der Waals surface area contributed by atoms with Crippen molar-refractivity contribution in [3.8, 4) is 0 Å². The number of carbonyl (C=O) groups is 1. The number of halogens is 2. The molecule has 1 amide bonds. The van der Waals surface area contributed by atoms with Crippen molar-refractivity contribution >= 4 is 40.5 Å². The van der Waals surface area contributed by atoms with Crippen molar-refractivity contribution in [3.63, 3.8) is 0 Å². The fraction of sp³-hybridized carbons (Fsp3) is 0.294. The van der Waals surface area contributed by atoms with Crippen LogP contribution in [0.3, 0.4) is 0 Å². The SMILES string of the molecule is CCCCCNC(=O)c1cncc(Nc2ccc(Cl)cc2Cl)c1. The first-order chi connectivity index (χ1) is 11.1. The Bertz CT molecular complexity index is 677. The smallest absolute Gasteiger partial charge is 0.252 e. The van der Waals surface area contributed by atoms with Crippen LogP contribution in [0.5, 0.6) is 0 Å². The van der Waals surface area contributed by atoms with Gasteiger partial charge >= 0.3 is 0 Å². The minimum absolute atomic E-state index is 0.126. The van der Waals surface area contributed by atoms with E-state index in [4.69, 9.17) is 23.2 Å². The quantitative estimate of drug-likeness (QED) is 0.686. The van der Waals surface area contributed by atoms with E-state index >= 15 is 0 Å². The summed E-state index contributed by atoms with van der Waals surface area (Å²) in [5.41, 5.74) is 1.91. The van der Waals surface area contributed by atoms with Crippen molar-refractivity contribution in [1.29, 1.82) is 0 Å². The van der Waals surface area contributed by atoms with Crippen molar-refractivity contribution in [3.05, 3.63) is 52.3 Å². The van der Waals surface area contributed by atoms with Crippen LogP contribution in [0.25, 0.3) is 0 Å². The molecular formula is C17H19Cl2N3O. The van der Waals surface area contributed by atoms with Crippen LogP contribution in [-0.2, 0) is 0 Å². The normalized spacial score (nSPS) is 10.4. The Morgan fingerprint density at radius 3 is 2.74 bits per heavy atom. The van der Waals surface area contributed by atoms with E-state index in [1.807, 2.05) is 0 Å². The summed E-state index contributed by atoms with van der Waals surface area (Å²) in [6.07, 6.45) is 6.39. The number of hydrogen-bond donors (Lipinski definition) is 2. The Labute approximate surface area is 146 Å². The number of amides is 1. The highest BCUT2D eigenvalue weighted by molar-refractivity contribution is 6.36. The molecule has 1 aromatic heterocycles. The lowest BCUT2D eigenvalue weighted by Gasteiger charge is -2.10. The summed E-state index contributed by atoms with van der Waals surface area (Å²) >= 11 is 12.0. The third kappa shape index (κ3) is 5.41. The largest absolute Gasteiger partial charge is 0.353 e. The van der Waals surface area contributed by atoms with Gasteiger partial charge < -0.3 is 10.6 Å². The lowest BCUT2D eigenvalue weighted by molar-refractivity contribution is 0.0952. The molecule has 0 unspecified atom stereocenters. The molecule has 2 rings (SSSR count). The number of hydrogen-bond acceptors (Lipinski definition) is 3. The third-order valence-electron chi connectivity index (χ3n) is 3.28. The Kier molecular flexibility index (Phi) is 6.68. The highest BCUT2D eigenvalue weighted by Gasteiger charge is 2.08. The third-order valence-corrected chi connectivity index (χ3v) is 3.82. The van der Waals surface area contributed by atoms with Gasteiger partial charge in [-0.15, -0.1) is 0 Å². The topological polar surface area (TPSA) is 54.0 Å². The van der Waals surface area contributed by atoms with Crippen LogP contribution in [0.15, 0.2) is 36.7 Å². The molecule has 2 N–H and O–H groups in total. The standard InChI is InChI=1S/C17H19Cl2N3O/c1-2-3-4-7-21-17(23)12-8-14(11-20-10-12)22-16-6-5-13(18)9-15(16)19/h5-6,8-11,22H,2-4,7H2,1H3,(H,21,23). The Hall–Kier alpha value is -1.78. The molecule has 0 aliphatic rings. The van der Waals surface area contributed by atoms with Gasteiger partial charge in [0, 0.05) is 17.8 Å². The van der Waals surface area contributed by atoms with E-state index in [2.05, 4.69) is 22.5 Å². The van der Waals surface area contributed by atoms with E-state index in [0.717, 1.165) is 19.3 Å². The molecule has 0 spiro atoms. The van der Waals surface area contributed by atoms with Gasteiger partial charge in [0.1, 0.15) is 0 Å². The first kappa shape index (κ1) is 17.6. The monoisotopic (exact) mass is 351 g/mol. The molecule has 0 aliphatic carbocycles. The first-order valence-electron chi connectivity index (χ1n) is 7.55. The van der Waals surface area contributed by atoms with Crippen LogP contribution in [0.4, 0.5) is 11.4 Å². The predicted octanol–water partition coefficient (Wildman–Crippen LogP) is 5.05. The molecule has 0 atom stereocenters. The van der Waals surface area contributed by atoms with Crippen molar-refractivity contribution < 1.29 is 4.79 Å². The summed E-state index contributed by atoms with van der Waals surface area (Å²) < 4.78 is 0. The Morgan fingerprint density at radius 2 is 2.00 bits per heavy atom. The molecule has 0 saturated carbocycles. The molecule has 1 aromatic carbocycles. The van der Waals surface area contributed by atoms with E-state index in [1.54, 1.807) is 36.7 Å². The zero-order valence-electron chi connectivity index (χ0n) is 12.9. The molecule has 4 nitrogen and oxygen atoms in total. The maximum Gasteiger partial charge on any atom is 0.252 e. The summed E-state index contributed by atoms with van der Waals surface area (Å²) in [6.45, 7) is 2.80. The molecule has 0 radical (unpaired) electrons. The molecule has 2 aromatic rings. The highest BCUT2D eigenvalue weighted by Crippen LogP contribution is 2.28. The molecule has 0 bridgehead atoms. The number of unbranched alkanes of at least 4 members (excludes halogenated alkanes) is 2. The van der Waals surface area contributed by atoms with Gasteiger partial charge in [0.15, 0.2) is 0 Å². The van der Waals surface area contributed by atoms with Crippen LogP contribution < -0.4 is 10.6 Å². The van der Waals surface area contributed by atoms with Crippen LogP contribution in [0, 0.1) is 0 Å². The fourth-order valence-corrected chi connectivity index (χ4v) is 2.51. The molecule has 122 valence electrons. The number of nitrogens with zero attached hydrogens (tertiary/aromatic N) is 1. The lowest BCUT2D eigenvalue weighted by Crippen LogP contribution is -2.24. The van der Waals surface area contributed by atoms with Gasteiger partial charge in [-0.2, -0.15) is 0 Å². The number of anilines is 2. The number of rotatable bonds is 7. The van der Waals surface area contributed by atoms with Gasteiger partial charge in [-0.25, -0.2) is 0 Å². The van der Waals surface area contributed by atoms with Crippen molar-refractivity contribution in [1.82, 2.24) is 10.3 Å². The molecule has 0 aliphatic heterocycles. The number of pyridine rings is 1. The second-order valence-electron chi connectivity index (χ2n) is 5.17. The number of nitrogens with one attached hydrogen (secondary N) is 2. The highest BCUT2D eigenvalue weighted by atomic mass is 35.5. The maximum atomic E-state index is 12.1. The van der Waals surface area contributed by atoms with Gasteiger partial charge in [0.2, 0.25) is 0 Å². The van der Waals surface area contributed by atoms with Gasteiger partial charge in [0.25, 0.3) is 5.91 Å². The van der Waals surface area contributed by atoms with Crippen LogP contribution in [0.1, 0.15) is 36.5 Å². The van der Waals surface area contributed by atoms with E-state index in [9.17, 15) is 4.79 Å². The van der Waals surface area contributed by atoms with Crippen molar-refractivity contribution in [2.24, 2.45) is 0 Å². The number of benzene rings is 1. The minimum atomic E-state index is -0.126. The number of carbonyl (C=O) groups excluding carboxylic acids is 1. The number of aromatic nitrogens is 1. The van der Waals surface area contributed by atoms with Crippen LogP contribution in [-0.4, -0.2) is 17.4 Å². The van der Waals surface area contributed by atoms with E-state index < -0.39 is 0 Å². The van der Waals surface area contributed by atoms with Crippen LogP contribution >= 0.6 is 23.2 Å². The van der Waals surface area contributed by atoms with E-state index in [0.29, 0.717) is 33.5 Å². The minimum Gasteiger partial charge on any atom is -0.353 e. The average Bonchev–Trinajstić information content (AvgIpc) is 2.54. The van der Waals surface area contributed by atoms with Crippen molar-refractivity contribution in [2.45, 2.75) is 26.2 Å².